The lowest BCUT2D eigenvalue weighted by Gasteiger charge is -2.10. The van der Waals surface area contributed by atoms with E-state index in [0.717, 1.165) is 39.1 Å². The van der Waals surface area contributed by atoms with E-state index in [0.29, 0.717) is 6.54 Å². The minimum Gasteiger partial charge on any atom is -0.454 e. The van der Waals surface area contributed by atoms with Crippen LogP contribution >= 0.6 is 15.9 Å². The number of nitrogens with zero attached hydrogens (tertiary/aromatic N) is 1. The monoisotopic (exact) mass is 346 g/mol. The molecule has 2 aromatic heterocycles. The van der Waals surface area contributed by atoms with Crippen LogP contribution in [-0.2, 0) is 13.0 Å². The first-order valence-electron chi connectivity index (χ1n) is 6.74. The average molecular weight is 347 g/mol. The highest BCUT2D eigenvalue weighted by atomic mass is 79.9. The molecule has 5 heteroatoms. The van der Waals surface area contributed by atoms with Crippen LogP contribution in [-0.4, -0.2) is 16.6 Å². The normalized spacial score (nSPS) is 11.0. The lowest BCUT2D eigenvalue weighted by molar-refractivity contribution is 0.282. The zero-order valence-corrected chi connectivity index (χ0v) is 12.9. The summed E-state index contributed by atoms with van der Waals surface area (Å²) in [4.78, 5) is 4.57. The largest absolute Gasteiger partial charge is 0.454 e. The van der Waals surface area contributed by atoms with Crippen LogP contribution in [0.3, 0.4) is 0 Å². The molecule has 1 aromatic carbocycles. The molecule has 0 spiro atoms. The van der Waals surface area contributed by atoms with E-state index in [1.807, 2.05) is 42.5 Å². The van der Waals surface area contributed by atoms with Crippen molar-refractivity contribution in [2.45, 2.75) is 13.0 Å². The summed E-state index contributed by atoms with van der Waals surface area (Å²) >= 11 is 3.29. The van der Waals surface area contributed by atoms with Crippen molar-refractivity contribution in [3.05, 3.63) is 58.5 Å². The zero-order valence-electron chi connectivity index (χ0n) is 11.3. The van der Waals surface area contributed by atoms with Gasteiger partial charge in [-0.2, -0.15) is 0 Å². The number of nitrogens with one attached hydrogen (secondary N) is 1. The van der Waals surface area contributed by atoms with Gasteiger partial charge in [0.2, 0.25) is 0 Å². The first-order chi connectivity index (χ1) is 10.3. The molecular formula is C16H15BrN2O2. The van der Waals surface area contributed by atoms with Gasteiger partial charge in [0.25, 0.3) is 0 Å². The summed E-state index contributed by atoms with van der Waals surface area (Å²) in [6.07, 6.45) is 0.755. The number of aromatic nitrogens is 1. The third-order valence-electron chi connectivity index (χ3n) is 3.27. The van der Waals surface area contributed by atoms with Gasteiger partial charge in [-0.25, -0.2) is 4.98 Å². The lowest BCUT2D eigenvalue weighted by atomic mass is 10.1. The number of anilines is 1. The molecule has 21 heavy (non-hydrogen) atoms. The van der Waals surface area contributed by atoms with Gasteiger partial charge in [-0.1, -0.05) is 18.2 Å². The Morgan fingerprint density at radius 2 is 2.05 bits per heavy atom. The van der Waals surface area contributed by atoms with Gasteiger partial charge in [0, 0.05) is 23.9 Å². The number of fused-ring (bicyclic) bond motifs is 1. The molecule has 3 aromatic rings. The van der Waals surface area contributed by atoms with E-state index in [2.05, 4.69) is 26.2 Å². The highest BCUT2D eigenvalue weighted by molar-refractivity contribution is 9.10. The predicted octanol–water partition coefficient (Wildman–Crippen LogP) is 3.74. The molecule has 0 amide bonds. The minimum atomic E-state index is -0.0353. The fourth-order valence-corrected chi connectivity index (χ4v) is 2.56. The maximum absolute atomic E-state index is 9.49. The molecule has 0 atom stereocenters. The molecule has 0 saturated carbocycles. The number of hydrogen-bond acceptors (Lipinski definition) is 4. The highest BCUT2D eigenvalue weighted by Gasteiger charge is 2.06. The Bertz CT molecular complexity index is 755. The Balaban J connectivity index is 1.76. The van der Waals surface area contributed by atoms with Crippen LogP contribution in [0.25, 0.3) is 10.9 Å². The smallest absolute Gasteiger partial charge is 0.169 e. The number of halogens is 1. The Morgan fingerprint density at radius 1 is 1.19 bits per heavy atom. The Morgan fingerprint density at radius 3 is 2.81 bits per heavy atom. The summed E-state index contributed by atoms with van der Waals surface area (Å²) in [5, 5.41) is 13.8. The Hall–Kier alpha value is -1.85. The van der Waals surface area contributed by atoms with Crippen molar-refractivity contribution in [2.75, 3.05) is 11.9 Å². The predicted molar refractivity (Wildman–Crippen MR) is 86.3 cm³/mol. The number of hydrogen-bond donors (Lipinski definition) is 2. The average Bonchev–Trinajstić information content (AvgIpc) is 2.92. The SMILES string of the molecule is OCc1cc2ccccc2nc1NCCc1ccc(Br)o1. The molecule has 0 radical (unpaired) electrons. The first-order valence-corrected chi connectivity index (χ1v) is 7.53. The van der Waals surface area contributed by atoms with Gasteiger partial charge in [0.15, 0.2) is 4.67 Å². The second-order valence-corrected chi connectivity index (χ2v) is 5.51. The van der Waals surface area contributed by atoms with Crippen molar-refractivity contribution in [2.24, 2.45) is 0 Å². The molecule has 0 aliphatic carbocycles. The number of rotatable bonds is 5. The summed E-state index contributed by atoms with van der Waals surface area (Å²) < 4.78 is 6.19. The summed E-state index contributed by atoms with van der Waals surface area (Å²) in [6, 6.07) is 13.7. The van der Waals surface area contributed by atoms with Gasteiger partial charge in [-0.05, 0) is 40.2 Å². The van der Waals surface area contributed by atoms with Gasteiger partial charge in [-0.15, -0.1) is 0 Å². The molecule has 0 aliphatic heterocycles. The summed E-state index contributed by atoms with van der Waals surface area (Å²) in [6.45, 7) is 0.658. The second-order valence-electron chi connectivity index (χ2n) is 4.73. The van der Waals surface area contributed by atoms with E-state index in [-0.39, 0.29) is 6.61 Å². The molecule has 0 aliphatic rings. The molecule has 0 fully saturated rings. The van der Waals surface area contributed by atoms with Crippen LogP contribution in [0.1, 0.15) is 11.3 Å². The molecule has 0 unspecified atom stereocenters. The number of aliphatic hydroxyl groups is 1. The van der Waals surface area contributed by atoms with Crippen molar-refractivity contribution >= 4 is 32.7 Å². The standard InChI is InChI=1S/C16H15BrN2O2/c17-15-6-5-13(21-15)7-8-18-16-12(10-20)9-11-3-1-2-4-14(11)19-16/h1-6,9,20H,7-8,10H2,(H,18,19). The molecule has 3 rings (SSSR count). The summed E-state index contributed by atoms with van der Waals surface area (Å²) in [7, 11) is 0. The maximum Gasteiger partial charge on any atom is 0.169 e. The number of aliphatic hydroxyl groups excluding tert-OH is 1. The zero-order chi connectivity index (χ0) is 14.7. The molecule has 0 bridgehead atoms. The number of para-hydroxylation sites is 1. The second kappa shape index (κ2) is 6.28. The van der Waals surface area contributed by atoms with Gasteiger partial charge in [0.1, 0.15) is 11.6 Å². The van der Waals surface area contributed by atoms with Crippen LogP contribution in [0.15, 0.2) is 51.6 Å². The third kappa shape index (κ3) is 3.25. The van der Waals surface area contributed by atoms with Crippen molar-refractivity contribution in [1.82, 2.24) is 4.98 Å². The third-order valence-corrected chi connectivity index (χ3v) is 3.69. The lowest BCUT2D eigenvalue weighted by Crippen LogP contribution is -2.08. The van der Waals surface area contributed by atoms with Gasteiger partial charge in [-0.3, -0.25) is 0 Å². The highest BCUT2D eigenvalue weighted by Crippen LogP contribution is 2.21. The fourth-order valence-electron chi connectivity index (χ4n) is 2.22. The molecule has 108 valence electrons. The molecular weight excluding hydrogens is 332 g/mol. The van der Waals surface area contributed by atoms with Gasteiger partial charge in [0.05, 0.1) is 12.1 Å². The van der Waals surface area contributed by atoms with Crippen LogP contribution in [0.2, 0.25) is 0 Å². The number of pyridine rings is 1. The van der Waals surface area contributed by atoms with E-state index in [1.165, 1.54) is 0 Å². The number of benzene rings is 1. The molecule has 4 nitrogen and oxygen atoms in total. The van der Waals surface area contributed by atoms with E-state index >= 15 is 0 Å². The van der Waals surface area contributed by atoms with Crippen LogP contribution < -0.4 is 5.32 Å². The Labute approximate surface area is 130 Å². The quantitative estimate of drug-likeness (QED) is 0.738. The molecule has 2 heterocycles. The van der Waals surface area contributed by atoms with Crippen LogP contribution in [0.5, 0.6) is 0 Å². The van der Waals surface area contributed by atoms with E-state index in [9.17, 15) is 5.11 Å². The van der Waals surface area contributed by atoms with Gasteiger partial charge < -0.3 is 14.8 Å². The summed E-state index contributed by atoms with van der Waals surface area (Å²) in [5.41, 5.74) is 1.72. The van der Waals surface area contributed by atoms with Crippen molar-refractivity contribution in [3.63, 3.8) is 0 Å². The summed E-state index contributed by atoms with van der Waals surface area (Å²) in [5.74, 6) is 1.63. The molecule has 2 N–H and O–H groups in total. The minimum absolute atomic E-state index is 0.0353. The van der Waals surface area contributed by atoms with Crippen molar-refractivity contribution in [1.29, 1.82) is 0 Å². The van der Waals surface area contributed by atoms with E-state index < -0.39 is 0 Å². The van der Waals surface area contributed by atoms with Crippen LogP contribution in [0, 0.1) is 0 Å². The van der Waals surface area contributed by atoms with Gasteiger partial charge >= 0.3 is 0 Å². The topological polar surface area (TPSA) is 58.3 Å². The van der Waals surface area contributed by atoms with Crippen LogP contribution in [0.4, 0.5) is 5.82 Å². The number of furan rings is 1. The van der Waals surface area contributed by atoms with Crippen molar-refractivity contribution < 1.29 is 9.52 Å². The van der Waals surface area contributed by atoms with E-state index in [1.54, 1.807) is 0 Å². The maximum atomic E-state index is 9.49. The fraction of sp³-hybridized carbons (Fsp3) is 0.188. The Kier molecular flexibility index (Phi) is 4.22. The van der Waals surface area contributed by atoms with E-state index in [4.69, 9.17) is 4.42 Å². The first kappa shape index (κ1) is 14.1. The molecule has 0 saturated heterocycles. The van der Waals surface area contributed by atoms with Crippen molar-refractivity contribution in [3.8, 4) is 0 Å².